The summed E-state index contributed by atoms with van der Waals surface area (Å²) in [5.41, 5.74) is 0.680. The molecule has 0 fully saturated rings. The van der Waals surface area contributed by atoms with E-state index in [0.29, 0.717) is 5.56 Å². The third-order valence-corrected chi connectivity index (χ3v) is 2.06. The Bertz CT molecular complexity index is 327. The van der Waals surface area contributed by atoms with Gasteiger partial charge < -0.3 is 17.7 Å². The predicted molar refractivity (Wildman–Crippen MR) is 53.5 cm³/mol. The molecule has 0 atom stereocenters. The molecule has 1 nitrogen and oxygen atoms in total. The first-order chi connectivity index (χ1) is 6.38. The van der Waals surface area contributed by atoms with Gasteiger partial charge in [-0.25, -0.2) is 0 Å². The third-order valence-electron chi connectivity index (χ3n) is 1.56. The Hall–Kier alpha value is -0.645. The minimum Gasteiger partial charge on any atom is -0.521 e. The van der Waals surface area contributed by atoms with Crippen molar-refractivity contribution in [3.05, 3.63) is 28.2 Å². The molecule has 1 aromatic carbocycles. The molecule has 0 aliphatic rings. The first kappa shape index (κ1) is 11.4. The fraction of sp³-hybridized carbons (Fsp3) is 0.250. The highest BCUT2D eigenvalue weighted by Crippen LogP contribution is 2.23. The van der Waals surface area contributed by atoms with Crippen LogP contribution in [0.1, 0.15) is 5.56 Å². The van der Waals surface area contributed by atoms with Crippen molar-refractivity contribution in [2.45, 2.75) is 6.92 Å². The van der Waals surface area contributed by atoms with E-state index in [4.69, 9.17) is 0 Å². The highest BCUT2D eigenvalue weighted by Gasteiger charge is 2.24. The molecule has 14 heavy (non-hydrogen) atoms. The lowest BCUT2D eigenvalue weighted by molar-refractivity contribution is 0.312. The van der Waals surface area contributed by atoms with Crippen molar-refractivity contribution in [2.75, 3.05) is 6.51 Å². The molecular formula is C8H8BBrF3O-. The molecule has 0 heterocycles. The van der Waals surface area contributed by atoms with Crippen LogP contribution in [0.2, 0.25) is 0 Å². The normalized spacial score (nSPS) is 11.5. The predicted octanol–water partition coefficient (Wildman–Crippen LogP) is 3.52. The van der Waals surface area contributed by atoms with E-state index in [1.807, 2.05) is 0 Å². The van der Waals surface area contributed by atoms with Gasteiger partial charge in [0.25, 0.3) is 0 Å². The van der Waals surface area contributed by atoms with Gasteiger partial charge in [-0.05, 0) is 30.7 Å². The Morgan fingerprint density at radius 3 is 2.50 bits per heavy atom. The maximum Gasteiger partial charge on any atom is 0.515 e. The summed E-state index contributed by atoms with van der Waals surface area (Å²) in [7, 11) is 0. The van der Waals surface area contributed by atoms with E-state index in [2.05, 4.69) is 20.7 Å². The van der Waals surface area contributed by atoms with Crippen LogP contribution in [0.15, 0.2) is 22.7 Å². The number of aryl methyl sites for hydroxylation is 1. The topological polar surface area (TPSA) is 9.23 Å². The van der Waals surface area contributed by atoms with Gasteiger partial charge in [0.05, 0.1) is 6.51 Å². The number of benzene rings is 1. The standard InChI is InChI=1S/C8H8BBrF3O/c1-6-4-7(10)2-3-8(6)14-5-9(11,12)13/h2-4H,5H2,1H3/q-1. The van der Waals surface area contributed by atoms with E-state index in [0.717, 1.165) is 4.47 Å². The largest absolute Gasteiger partial charge is 0.521 e. The monoisotopic (exact) mass is 267 g/mol. The van der Waals surface area contributed by atoms with Gasteiger partial charge in [-0.2, -0.15) is 0 Å². The Labute approximate surface area is 88.4 Å². The maximum atomic E-state index is 11.9. The van der Waals surface area contributed by atoms with E-state index in [9.17, 15) is 12.9 Å². The third kappa shape index (κ3) is 3.61. The lowest BCUT2D eigenvalue weighted by Gasteiger charge is -2.16. The van der Waals surface area contributed by atoms with Gasteiger partial charge in [0.1, 0.15) is 5.75 Å². The molecule has 0 saturated heterocycles. The van der Waals surface area contributed by atoms with Gasteiger partial charge in [0.2, 0.25) is 0 Å². The van der Waals surface area contributed by atoms with Crippen LogP contribution in [-0.2, 0) is 0 Å². The van der Waals surface area contributed by atoms with Crippen molar-refractivity contribution in [3.8, 4) is 5.75 Å². The zero-order valence-corrected chi connectivity index (χ0v) is 9.02. The smallest absolute Gasteiger partial charge is 0.515 e. The Morgan fingerprint density at radius 2 is 2.00 bits per heavy atom. The average molecular weight is 268 g/mol. The van der Waals surface area contributed by atoms with E-state index < -0.39 is 13.5 Å². The lowest BCUT2D eigenvalue weighted by atomic mass is 9.95. The molecule has 0 spiro atoms. The molecule has 0 bridgehead atoms. The Balaban J connectivity index is 2.68. The molecule has 0 aliphatic carbocycles. The summed E-state index contributed by atoms with van der Waals surface area (Å²) in [5.74, 6) is 0.271. The van der Waals surface area contributed by atoms with Crippen LogP contribution in [-0.4, -0.2) is 13.5 Å². The molecule has 1 rings (SSSR count). The summed E-state index contributed by atoms with van der Waals surface area (Å²) in [6.45, 7) is -4.38. The van der Waals surface area contributed by atoms with Gasteiger partial charge in [-0.15, -0.1) is 0 Å². The molecule has 0 saturated carbocycles. The summed E-state index contributed by atoms with van der Waals surface area (Å²) >= 11 is 3.21. The molecule has 6 heteroatoms. The second kappa shape index (κ2) is 4.25. The number of halogens is 4. The Morgan fingerprint density at radius 1 is 1.36 bits per heavy atom. The minimum absolute atomic E-state index is 0.271. The summed E-state index contributed by atoms with van der Waals surface area (Å²) < 4.78 is 41.1. The van der Waals surface area contributed by atoms with Crippen molar-refractivity contribution in [1.82, 2.24) is 0 Å². The molecule has 1 aromatic rings. The zero-order chi connectivity index (χ0) is 10.8. The number of rotatable bonds is 3. The molecule has 0 radical (unpaired) electrons. The van der Waals surface area contributed by atoms with Gasteiger partial charge in [0.15, 0.2) is 0 Å². The van der Waals surface area contributed by atoms with E-state index >= 15 is 0 Å². The summed E-state index contributed by atoms with van der Waals surface area (Å²) in [4.78, 5) is 0. The molecule has 0 unspecified atom stereocenters. The highest BCUT2D eigenvalue weighted by atomic mass is 79.9. The zero-order valence-electron chi connectivity index (χ0n) is 7.44. The molecule has 0 amide bonds. The van der Waals surface area contributed by atoms with Crippen LogP contribution in [0, 0.1) is 6.92 Å². The average Bonchev–Trinajstić information content (AvgIpc) is 2.00. The van der Waals surface area contributed by atoms with E-state index in [1.54, 1.807) is 19.1 Å². The van der Waals surface area contributed by atoms with Crippen molar-refractivity contribution in [2.24, 2.45) is 0 Å². The van der Waals surface area contributed by atoms with Gasteiger partial charge in [0, 0.05) is 4.47 Å². The van der Waals surface area contributed by atoms with Gasteiger partial charge >= 0.3 is 6.98 Å². The maximum absolute atomic E-state index is 11.9. The summed E-state index contributed by atoms with van der Waals surface area (Å²) in [6.07, 6.45) is 0. The summed E-state index contributed by atoms with van der Waals surface area (Å²) in [6, 6.07) is 4.87. The fourth-order valence-electron chi connectivity index (χ4n) is 0.959. The lowest BCUT2D eigenvalue weighted by Crippen LogP contribution is -2.26. The fourth-order valence-corrected chi connectivity index (χ4v) is 1.43. The van der Waals surface area contributed by atoms with Crippen molar-refractivity contribution in [3.63, 3.8) is 0 Å². The van der Waals surface area contributed by atoms with Crippen LogP contribution in [0.5, 0.6) is 5.75 Å². The van der Waals surface area contributed by atoms with Crippen LogP contribution < -0.4 is 4.74 Å². The van der Waals surface area contributed by atoms with Gasteiger partial charge in [-0.3, -0.25) is 0 Å². The SMILES string of the molecule is Cc1cc(Br)ccc1OC[B-](F)(F)F. The minimum atomic E-state index is -4.89. The second-order valence-electron chi connectivity index (χ2n) is 2.93. The van der Waals surface area contributed by atoms with E-state index in [-0.39, 0.29) is 5.75 Å². The molecule has 0 aromatic heterocycles. The van der Waals surface area contributed by atoms with E-state index in [1.165, 1.54) is 6.07 Å². The second-order valence-corrected chi connectivity index (χ2v) is 3.85. The number of hydrogen-bond acceptors (Lipinski definition) is 1. The highest BCUT2D eigenvalue weighted by molar-refractivity contribution is 9.10. The molecule has 78 valence electrons. The van der Waals surface area contributed by atoms with Crippen LogP contribution in [0.4, 0.5) is 12.9 Å². The molecule has 0 aliphatic heterocycles. The first-order valence-electron chi connectivity index (χ1n) is 3.98. The molecular weight excluding hydrogens is 260 g/mol. The van der Waals surface area contributed by atoms with Crippen molar-refractivity contribution >= 4 is 22.9 Å². The number of hydrogen-bond donors (Lipinski definition) is 0. The summed E-state index contributed by atoms with van der Waals surface area (Å²) in [5, 5.41) is 0. The van der Waals surface area contributed by atoms with Crippen molar-refractivity contribution < 1.29 is 17.7 Å². The number of ether oxygens (including phenoxy) is 1. The van der Waals surface area contributed by atoms with Crippen LogP contribution in [0.3, 0.4) is 0 Å². The quantitative estimate of drug-likeness (QED) is 0.762. The van der Waals surface area contributed by atoms with Crippen LogP contribution in [0.25, 0.3) is 0 Å². The first-order valence-corrected chi connectivity index (χ1v) is 4.78. The Kier molecular flexibility index (Phi) is 3.47. The molecule has 0 N–H and O–H groups in total. The van der Waals surface area contributed by atoms with Gasteiger partial charge in [-0.1, -0.05) is 15.9 Å². The van der Waals surface area contributed by atoms with Crippen LogP contribution >= 0.6 is 15.9 Å². The van der Waals surface area contributed by atoms with Crippen molar-refractivity contribution in [1.29, 1.82) is 0 Å².